The number of hydrogen-bond acceptors (Lipinski definition) is 3. The molecule has 3 heterocycles. The number of rotatable bonds is 3. The summed E-state index contributed by atoms with van der Waals surface area (Å²) in [6, 6.07) is 23.1. The Labute approximate surface area is 183 Å². The van der Waals surface area contributed by atoms with Crippen molar-refractivity contribution in [2.24, 2.45) is 0 Å². The molecule has 1 saturated heterocycles. The molecule has 1 fully saturated rings. The Balaban J connectivity index is 1.69. The predicted octanol–water partition coefficient (Wildman–Crippen LogP) is 6.54. The molecule has 0 aliphatic carbocycles. The number of fused-ring (bicyclic) bond motifs is 1. The fourth-order valence-electron chi connectivity index (χ4n) is 5.16. The van der Waals surface area contributed by atoms with Crippen LogP contribution >= 0.6 is 0 Å². The predicted molar refractivity (Wildman–Crippen MR) is 126 cm³/mol. The monoisotopic (exact) mass is 411 g/mol. The van der Waals surface area contributed by atoms with Crippen molar-refractivity contribution in [2.75, 3.05) is 0 Å². The Bertz CT molecular complexity index is 1200. The molecule has 0 N–H and O–H groups in total. The third-order valence-corrected chi connectivity index (χ3v) is 6.08. The molecule has 31 heavy (non-hydrogen) atoms. The maximum atomic E-state index is 6.33. The van der Waals surface area contributed by atoms with Crippen molar-refractivity contribution >= 4 is 10.9 Å². The standard InChI is InChI=1S/C27H29N3O/c1-26(2)17-21(18-27(3,4)31-26)22-16-24(19-10-6-5-7-11-19)30(29-22)23-14-8-12-20-13-9-15-28-25(20)23/h5-16,21H,17-18H2,1-4H3. The molecule has 0 spiro atoms. The van der Waals surface area contributed by atoms with Gasteiger partial charge in [0.2, 0.25) is 0 Å². The van der Waals surface area contributed by atoms with Crippen molar-refractivity contribution in [3.63, 3.8) is 0 Å². The summed E-state index contributed by atoms with van der Waals surface area (Å²) in [5.74, 6) is 0.338. The molecule has 0 unspecified atom stereocenters. The first-order chi connectivity index (χ1) is 14.8. The van der Waals surface area contributed by atoms with E-state index in [2.05, 4.69) is 92.0 Å². The van der Waals surface area contributed by atoms with Crippen molar-refractivity contribution in [1.29, 1.82) is 0 Å². The Morgan fingerprint density at radius 3 is 2.32 bits per heavy atom. The van der Waals surface area contributed by atoms with Crippen LogP contribution in [0.25, 0.3) is 27.8 Å². The normalized spacial score (nSPS) is 18.3. The topological polar surface area (TPSA) is 39.9 Å². The molecule has 0 saturated carbocycles. The van der Waals surface area contributed by atoms with Crippen molar-refractivity contribution in [3.8, 4) is 16.9 Å². The zero-order valence-corrected chi connectivity index (χ0v) is 18.7. The summed E-state index contributed by atoms with van der Waals surface area (Å²) in [5.41, 5.74) is 4.99. The highest BCUT2D eigenvalue weighted by Crippen LogP contribution is 2.44. The summed E-state index contributed by atoms with van der Waals surface area (Å²) in [4.78, 5) is 4.68. The van der Waals surface area contributed by atoms with Crippen LogP contribution in [-0.4, -0.2) is 26.0 Å². The van der Waals surface area contributed by atoms with Gasteiger partial charge in [-0.25, -0.2) is 4.68 Å². The summed E-state index contributed by atoms with van der Waals surface area (Å²) >= 11 is 0. The zero-order valence-electron chi connectivity index (χ0n) is 18.7. The van der Waals surface area contributed by atoms with Gasteiger partial charge < -0.3 is 4.74 Å². The summed E-state index contributed by atoms with van der Waals surface area (Å²) in [5, 5.41) is 6.30. The van der Waals surface area contributed by atoms with E-state index in [9.17, 15) is 0 Å². The molecule has 2 aromatic heterocycles. The summed E-state index contributed by atoms with van der Waals surface area (Å²) in [6.07, 6.45) is 3.76. The number of aromatic nitrogens is 3. The summed E-state index contributed by atoms with van der Waals surface area (Å²) < 4.78 is 8.41. The molecular formula is C27H29N3O. The van der Waals surface area contributed by atoms with E-state index < -0.39 is 0 Å². The third kappa shape index (κ3) is 3.88. The van der Waals surface area contributed by atoms with Crippen LogP contribution in [-0.2, 0) is 4.74 Å². The molecule has 0 bridgehead atoms. The molecule has 0 radical (unpaired) electrons. The summed E-state index contributed by atoms with van der Waals surface area (Å²) in [7, 11) is 0. The molecule has 0 atom stereocenters. The van der Waals surface area contributed by atoms with Gasteiger partial charge in [-0.15, -0.1) is 0 Å². The minimum Gasteiger partial charge on any atom is -0.370 e. The van der Waals surface area contributed by atoms with Crippen molar-refractivity contribution in [2.45, 2.75) is 57.7 Å². The molecule has 1 aliphatic heterocycles. The second-order valence-electron chi connectivity index (χ2n) is 9.81. The van der Waals surface area contributed by atoms with E-state index in [0.29, 0.717) is 5.92 Å². The van der Waals surface area contributed by atoms with E-state index >= 15 is 0 Å². The molecule has 5 rings (SSSR count). The van der Waals surface area contributed by atoms with Crippen LogP contribution in [0.1, 0.15) is 52.1 Å². The lowest BCUT2D eigenvalue weighted by Crippen LogP contribution is -2.44. The number of para-hydroxylation sites is 1. The van der Waals surface area contributed by atoms with Gasteiger partial charge in [-0.1, -0.05) is 48.5 Å². The van der Waals surface area contributed by atoms with E-state index in [4.69, 9.17) is 9.84 Å². The first-order valence-corrected chi connectivity index (χ1v) is 11.0. The van der Waals surface area contributed by atoms with Gasteiger partial charge >= 0.3 is 0 Å². The number of hydrogen-bond donors (Lipinski definition) is 0. The first-order valence-electron chi connectivity index (χ1n) is 11.0. The van der Waals surface area contributed by atoms with E-state index in [0.717, 1.165) is 46.4 Å². The van der Waals surface area contributed by atoms with E-state index in [-0.39, 0.29) is 11.2 Å². The van der Waals surface area contributed by atoms with Crippen LogP contribution in [0.2, 0.25) is 0 Å². The van der Waals surface area contributed by atoms with Crippen LogP contribution in [0.4, 0.5) is 0 Å². The van der Waals surface area contributed by atoms with Gasteiger partial charge in [-0.05, 0) is 58.7 Å². The summed E-state index contributed by atoms with van der Waals surface area (Å²) in [6.45, 7) is 8.74. The number of ether oxygens (including phenoxy) is 1. The van der Waals surface area contributed by atoms with E-state index in [1.807, 2.05) is 18.3 Å². The quantitative estimate of drug-likeness (QED) is 0.384. The molecule has 4 heteroatoms. The van der Waals surface area contributed by atoms with Gasteiger partial charge in [0.05, 0.1) is 33.8 Å². The Morgan fingerprint density at radius 1 is 0.871 bits per heavy atom. The van der Waals surface area contributed by atoms with Crippen molar-refractivity contribution in [3.05, 3.63) is 78.6 Å². The lowest BCUT2D eigenvalue weighted by molar-refractivity contribution is -0.162. The Morgan fingerprint density at radius 2 is 1.58 bits per heavy atom. The average Bonchev–Trinajstić information content (AvgIpc) is 3.17. The highest BCUT2D eigenvalue weighted by Gasteiger charge is 2.41. The van der Waals surface area contributed by atoms with Gasteiger partial charge in [-0.3, -0.25) is 4.98 Å². The highest BCUT2D eigenvalue weighted by atomic mass is 16.5. The lowest BCUT2D eigenvalue weighted by atomic mass is 9.79. The Hall–Kier alpha value is -2.98. The maximum absolute atomic E-state index is 6.33. The molecule has 1 aliphatic rings. The van der Waals surface area contributed by atoms with Crippen molar-refractivity contribution in [1.82, 2.24) is 14.8 Å². The van der Waals surface area contributed by atoms with E-state index in [1.165, 1.54) is 0 Å². The van der Waals surface area contributed by atoms with Gasteiger partial charge in [0.1, 0.15) is 0 Å². The SMILES string of the molecule is CC1(C)CC(c2cc(-c3ccccc3)n(-c3cccc4cccnc34)n2)CC(C)(C)O1. The van der Waals surface area contributed by atoms with Crippen LogP contribution < -0.4 is 0 Å². The molecule has 2 aromatic carbocycles. The van der Waals surface area contributed by atoms with Gasteiger partial charge in [0.25, 0.3) is 0 Å². The molecular weight excluding hydrogens is 382 g/mol. The zero-order chi connectivity index (χ0) is 21.6. The number of nitrogens with zero attached hydrogens (tertiary/aromatic N) is 3. The minimum atomic E-state index is -0.176. The second kappa shape index (κ2) is 7.31. The average molecular weight is 412 g/mol. The third-order valence-electron chi connectivity index (χ3n) is 6.08. The smallest absolute Gasteiger partial charge is 0.0959 e. The minimum absolute atomic E-state index is 0.176. The van der Waals surface area contributed by atoms with E-state index in [1.54, 1.807) is 0 Å². The molecule has 0 amide bonds. The van der Waals surface area contributed by atoms with Gasteiger partial charge in [0.15, 0.2) is 0 Å². The highest BCUT2D eigenvalue weighted by molar-refractivity contribution is 5.87. The number of benzene rings is 2. The lowest BCUT2D eigenvalue weighted by Gasteiger charge is -2.45. The fraction of sp³-hybridized carbons (Fsp3) is 0.333. The Kier molecular flexibility index (Phi) is 4.71. The molecule has 4 aromatic rings. The van der Waals surface area contributed by atoms with Crippen LogP contribution in [0, 0.1) is 0 Å². The molecule has 158 valence electrons. The van der Waals surface area contributed by atoms with Crippen LogP contribution in [0.3, 0.4) is 0 Å². The largest absolute Gasteiger partial charge is 0.370 e. The van der Waals surface area contributed by atoms with Gasteiger partial charge in [0, 0.05) is 23.1 Å². The first kappa shape index (κ1) is 20.0. The number of pyridine rings is 1. The van der Waals surface area contributed by atoms with Crippen LogP contribution in [0.15, 0.2) is 72.9 Å². The fourth-order valence-corrected chi connectivity index (χ4v) is 5.16. The maximum Gasteiger partial charge on any atom is 0.0959 e. The molecule has 4 nitrogen and oxygen atoms in total. The van der Waals surface area contributed by atoms with Crippen LogP contribution in [0.5, 0.6) is 0 Å². The van der Waals surface area contributed by atoms with Crippen molar-refractivity contribution < 1.29 is 4.74 Å². The van der Waals surface area contributed by atoms with Gasteiger partial charge in [-0.2, -0.15) is 5.10 Å². The second-order valence-corrected chi connectivity index (χ2v) is 9.81.